The first-order valence-electron chi connectivity index (χ1n) is 8.89. The normalized spacial score (nSPS) is 16.6. The van der Waals surface area contributed by atoms with Gasteiger partial charge in [-0.1, -0.05) is 0 Å². The number of primary amides is 1. The van der Waals surface area contributed by atoms with Crippen LogP contribution in [0.25, 0.3) is 0 Å². The zero-order valence-electron chi connectivity index (χ0n) is 15.9. The zero-order valence-corrected chi connectivity index (χ0v) is 18.2. The van der Waals surface area contributed by atoms with Crippen molar-refractivity contribution in [2.75, 3.05) is 7.05 Å². The molecule has 0 fully saturated rings. The van der Waals surface area contributed by atoms with Crippen LogP contribution in [0, 0.1) is 0 Å². The summed E-state index contributed by atoms with van der Waals surface area (Å²) in [6.07, 6.45) is 5.08. The number of halogens is 1. The van der Waals surface area contributed by atoms with Gasteiger partial charge < -0.3 is 20.8 Å². The minimum absolute atomic E-state index is 0. The second-order valence-electron chi connectivity index (χ2n) is 6.81. The van der Waals surface area contributed by atoms with Gasteiger partial charge in [-0.2, -0.15) is 5.10 Å². The van der Waals surface area contributed by atoms with Crippen LogP contribution in [0.3, 0.4) is 0 Å². The molecule has 1 atom stereocenters. The first kappa shape index (κ1) is 21.3. The molecule has 0 bridgehead atoms. The van der Waals surface area contributed by atoms with Gasteiger partial charge in [0, 0.05) is 31.7 Å². The Morgan fingerprint density at radius 3 is 2.89 bits per heavy atom. The SMILES string of the molecule is CN=C(NCc1ccc(C(N)=O)o1)NC1CCc2cn(C(C)C)nc2C1.I. The van der Waals surface area contributed by atoms with E-state index in [2.05, 4.69) is 35.7 Å². The van der Waals surface area contributed by atoms with E-state index in [4.69, 9.17) is 15.2 Å². The molecule has 4 N–H and O–H groups in total. The smallest absolute Gasteiger partial charge is 0.284 e. The maximum absolute atomic E-state index is 11.1. The fourth-order valence-corrected chi connectivity index (χ4v) is 3.06. The van der Waals surface area contributed by atoms with Crippen molar-refractivity contribution in [1.29, 1.82) is 0 Å². The molecule has 3 rings (SSSR count). The highest BCUT2D eigenvalue weighted by Gasteiger charge is 2.23. The van der Waals surface area contributed by atoms with Gasteiger partial charge in [0.05, 0.1) is 12.2 Å². The molecule has 0 aliphatic heterocycles. The molecule has 0 saturated carbocycles. The average molecular weight is 486 g/mol. The topological polar surface area (TPSA) is 110 Å². The van der Waals surface area contributed by atoms with Gasteiger partial charge in [0.25, 0.3) is 5.91 Å². The van der Waals surface area contributed by atoms with Crippen molar-refractivity contribution >= 4 is 35.8 Å². The van der Waals surface area contributed by atoms with Crippen molar-refractivity contribution < 1.29 is 9.21 Å². The minimum Gasteiger partial charge on any atom is -0.454 e. The molecule has 0 spiro atoms. The summed E-state index contributed by atoms with van der Waals surface area (Å²) in [5.74, 6) is 0.907. The second kappa shape index (κ2) is 9.25. The number of aliphatic imine (C=N–C) groups is 1. The van der Waals surface area contributed by atoms with E-state index in [0.29, 0.717) is 24.3 Å². The van der Waals surface area contributed by atoms with Gasteiger partial charge in [-0.15, -0.1) is 24.0 Å². The Balaban J connectivity index is 0.00000261. The van der Waals surface area contributed by atoms with Crippen LogP contribution in [0.2, 0.25) is 0 Å². The number of hydrogen-bond donors (Lipinski definition) is 3. The summed E-state index contributed by atoms with van der Waals surface area (Å²) in [6, 6.07) is 3.96. The highest BCUT2D eigenvalue weighted by Crippen LogP contribution is 2.21. The molecule has 2 heterocycles. The van der Waals surface area contributed by atoms with Gasteiger partial charge in [0.15, 0.2) is 11.7 Å². The first-order valence-corrected chi connectivity index (χ1v) is 8.89. The number of furan rings is 1. The van der Waals surface area contributed by atoms with Crippen molar-refractivity contribution in [1.82, 2.24) is 20.4 Å². The minimum atomic E-state index is -0.572. The van der Waals surface area contributed by atoms with E-state index in [0.717, 1.165) is 25.0 Å². The van der Waals surface area contributed by atoms with E-state index in [1.165, 1.54) is 5.56 Å². The number of nitrogens with two attached hydrogens (primary N) is 1. The van der Waals surface area contributed by atoms with E-state index < -0.39 is 5.91 Å². The third kappa shape index (κ3) is 5.24. The summed E-state index contributed by atoms with van der Waals surface area (Å²) < 4.78 is 7.40. The molecule has 1 aliphatic rings. The van der Waals surface area contributed by atoms with Gasteiger partial charge in [-0.25, -0.2) is 0 Å². The number of carbonyl (C=O) groups excluding carboxylic acids is 1. The van der Waals surface area contributed by atoms with Gasteiger partial charge in [-0.05, 0) is 44.4 Å². The molecule has 1 unspecified atom stereocenters. The number of carbonyl (C=O) groups is 1. The average Bonchev–Trinajstić information content (AvgIpc) is 3.25. The summed E-state index contributed by atoms with van der Waals surface area (Å²) in [6.45, 7) is 4.70. The van der Waals surface area contributed by atoms with Crippen LogP contribution in [0.4, 0.5) is 0 Å². The maximum atomic E-state index is 11.1. The molecule has 1 amide bonds. The van der Waals surface area contributed by atoms with Gasteiger partial charge >= 0.3 is 0 Å². The Bertz CT molecular complexity index is 811. The van der Waals surface area contributed by atoms with Crippen molar-refractivity contribution in [2.45, 2.75) is 51.7 Å². The molecular weight excluding hydrogens is 459 g/mol. The van der Waals surface area contributed by atoms with Crippen LogP contribution in [-0.4, -0.2) is 34.7 Å². The van der Waals surface area contributed by atoms with Crippen molar-refractivity contribution in [3.8, 4) is 0 Å². The molecule has 8 nitrogen and oxygen atoms in total. The van der Waals surface area contributed by atoms with Gasteiger partial charge in [0.1, 0.15) is 5.76 Å². The Morgan fingerprint density at radius 2 is 2.26 bits per heavy atom. The number of aryl methyl sites for hydroxylation is 1. The fourth-order valence-electron chi connectivity index (χ4n) is 3.06. The molecular formula is C18H27IN6O2. The molecule has 1 aliphatic carbocycles. The number of nitrogens with one attached hydrogen (secondary N) is 2. The third-order valence-corrected chi connectivity index (χ3v) is 4.52. The summed E-state index contributed by atoms with van der Waals surface area (Å²) >= 11 is 0. The van der Waals surface area contributed by atoms with E-state index in [9.17, 15) is 4.79 Å². The van der Waals surface area contributed by atoms with Gasteiger partial charge in [0.2, 0.25) is 0 Å². The van der Waals surface area contributed by atoms with Crippen LogP contribution in [0.5, 0.6) is 0 Å². The monoisotopic (exact) mass is 486 g/mol. The lowest BCUT2D eigenvalue weighted by Crippen LogP contribution is -2.45. The standard InChI is InChI=1S/C18H26N6O2.HI/c1-11(2)24-10-12-4-5-13(8-15(12)23-24)22-18(20-3)21-9-14-6-7-16(26-14)17(19)25;/h6-7,10-11,13H,4-5,8-9H2,1-3H3,(H2,19,25)(H2,20,21,22);1H. The summed E-state index contributed by atoms with van der Waals surface area (Å²) in [5, 5.41) is 11.3. The van der Waals surface area contributed by atoms with Crippen molar-refractivity contribution in [3.63, 3.8) is 0 Å². The summed E-state index contributed by atoms with van der Waals surface area (Å²) in [5.41, 5.74) is 7.70. The van der Waals surface area contributed by atoms with Crippen LogP contribution >= 0.6 is 24.0 Å². The Hall–Kier alpha value is -2.04. The van der Waals surface area contributed by atoms with E-state index >= 15 is 0 Å². The molecule has 27 heavy (non-hydrogen) atoms. The predicted molar refractivity (Wildman–Crippen MR) is 114 cm³/mol. The number of hydrogen-bond acceptors (Lipinski definition) is 4. The van der Waals surface area contributed by atoms with E-state index in [1.54, 1.807) is 19.2 Å². The predicted octanol–water partition coefficient (Wildman–Crippen LogP) is 2.00. The second-order valence-corrected chi connectivity index (χ2v) is 6.81. The summed E-state index contributed by atoms with van der Waals surface area (Å²) in [4.78, 5) is 15.3. The number of nitrogens with zero attached hydrogens (tertiary/aromatic N) is 3. The molecule has 2 aromatic rings. The number of aromatic nitrogens is 2. The van der Waals surface area contributed by atoms with Crippen LogP contribution in [-0.2, 0) is 19.4 Å². The largest absolute Gasteiger partial charge is 0.454 e. The maximum Gasteiger partial charge on any atom is 0.284 e. The Kier molecular flexibility index (Phi) is 7.28. The number of fused-ring (bicyclic) bond motifs is 1. The fraction of sp³-hybridized carbons (Fsp3) is 0.500. The highest BCUT2D eigenvalue weighted by atomic mass is 127. The number of rotatable bonds is 5. The lowest BCUT2D eigenvalue weighted by atomic mass is 9.94. The van der Waals surface area contributed by atoms with Crippen LogP contribution < -0.4 is 16.4 Å². The molecule has 0 radical (unpaired) electrons. The molecule has 0 aromatic carbocycles. The van der Waals surface area contributed by atoms with E-state index in [1.807, 2.05) is 4.68 Å². The quantitative estimate of drug-likeness (QED) is 0.340. The molecule has 9 heteroatoms. The third-order valence-electron chi connectivity index (χ3n) is 4.52. The number of amides is 1. The lowest BCUT2D eigenvalue weighted by molar-refractivity contribution is 0.0972. The first-order chi connectivity index (χ1) is 12.5. The van der Waals surface area contributed by atoms with E-state index in [-0.39, 0.29) is 35.8 Å². The molecule has 2 aromatic heterocycles. The van der Waals surface area contributed by atoms with Gasteiger partial charge in [-0.3, -0.25) is 14.5 Å². The van der Waals surface area contributed by atoms with Crippen molar-refractivity contribution in [2.24, 2.45) is 10.7 Å². The molecule has 0 saturated heterocycles. The highest BCUT2D eigenvalue weighted by molar-refractivity contribution is 14.0. The summed E-state index contributed by atoms with van der Waals surface area (Å²) in [7, 11) is 1.73. The molecule has 148 valence electrons. The van der Waals surface area contributed by atoms with Crippen LogP contribution in [0.1, 0.15) is 53.9 Å². The van der Waals surface area contributed by atoms with Crippen molar-refractivity contribution in [3.05, 3.63) is 41.1 Å². The number of guanidine groups is 1. The van der Waals surface area contributed by atoms with Crippen LogP contribution in [0.15, 0.2) is 27.7 Å². The zero-order chi connectivity index (χ0) is 18.7. The Labute approximate surface area is 176 Å². The Morgan fingerprint density at radius 1 is 1.48 bits per heavy atom. The lowest BCUT2D eigenvalue weighted by Gasteiger charge is -2.24.